The van der Waals surface area contributed by atoms with Gasteiger partial charge < -0.3 is 0 Å². The van der Waals surface area contributed by atoms with Gasteiger partial charge in [-0.05, 0) is 12.5 Å². The molecule has 0 saturated heterocycles. The van der Waals surface area contributed by atoms with Gasteiger partial charge in [-0.2, -0.15) is 0 Å². The number of hydrogen-bond donors (Lipinski definition) is 1. The molecule has 13 heavy (non-hydrogen) atoms. The highest BCUT2D eigenvalue weighted by Gasteiger charge is 2.09. The molecule has 71 valence electrons. The Balaban J connectivity index is 2.76. The van der Waals surface area contributed by atoms with E-state index in [0.29, 0.717) is 0 Å². The molecule has 1 N–H and O–H groups in total. The molecule has 1 unspecified atom stereocenters. The van der Waals surface area contributed by atoms with Crippen LogP contribution in [0.1, 0.15) is 11.6 Å². The zero-order chi connectivity index (χ0) is 9.90. The summed E-state index contributed by atoms with van der Waals surface area (Å²) in [6.07, 6.45) is 1.12. The Hall–Kier alpha value is -0.870. The molecule has 1 aromatic rings. The largest absolute Gasteiger partial charge is 0.213 e. The minimum absolute atomic E-state index is 0.420. The first kappa shape index (κ1) is 10.2. The van der Waals surface area contributed by atoms with E-state index < -0.39 is 16.1 Å². The number of nitrogens with one attached hydrogen (secondary N) is 1. The van der Waals surface area contributed by atoms with Crippen molar-refractivity contribution in [2.75, 3.05) is 6.26 Å². The van der Waals surface area contributed by atoms with Crippen molar-refractivity contribution in [2.24, 2.45) is 0 Å². The van der Waals surface area contributed by atoms with Crippen LogP contribution in [0.25, 0.3) is 0 Å². The molecule has 4 heteroatoms. The molecule has 0 saturated carbocycles. The third-order valence-corrected chi connectivity index (χ3v) is 2.27. The predicted molar refractivity (Wildman–Crippen MR) is 52.5 cm³/mol. The summed E-state index contributed by atoms with van der Waals surface area (Å²) < 4.78 is 24.1. The summed E-state index contributed by atoms with van der Waals surface area (Å²) in [6, 6.07) is 8.80. The van der Waals surface area contributed by atoms with Gasteiger partial charge in [0, 0.05) is 6.04 Å². The van der Waals surface area contributed by atoms with Crippen molar-refractivity contribution in [2.45, 2.75) is 6.04 Å². The topological polar surface area (TPSA) is 46.2 Å². The van der Waals surface area contributed by atoms with Crippen LogP contribution in [0, 0.1) is 6.92 Å². The third kappa shape index (κ3) is 3.57. The lowest BCUT2D eigenvalue weighted by atomic mass is 10.1. The van der Waals surface area contributed by atoms with Gasteiger partial charge >= 0.3 is 0 Å². The minimum Gasteiger partial charge on any atom is -0.213 e. The van der Waals surface area contributed by atoms with E-state index in [0.717, 1.165) is 11.8 Å². The second-order valence-electron chi connectivity index (χ2n) is 2.85. The molecular formula is C9H12NO2S. The second kappa shape index (κ2) is 3.89. The lowest BCUT2D eigenvalue weighted by Crippen LogP contribution is -2.25. The molecule has 1 radical (unpaired) electrons. The molecule has 0 aliphatic carbocycles. The first-order valence-electron chi connectivity index (χ1n) is 3.84. The maximum Gasteiger partial charge on any atom is 0.209 e. The zero-order valence-electron chi connectivity index (χ0n) is 7.40. The third-order valence-electron chi connectivity index (χ3n) is 1.56. The van der Waals surface area contributed by atoms with E-state index in [1.165, 1.54) is 0 Å². The van der Waals surface area contributed by atoms with Crippen LogP contribution in [0.5, 0.6) is 0 Å². The summed E-state index contributed by atoms with van der Waals surface area (Å²) in [6.45, 7) is 3.70. The maximum atomic E-state index is 10.9. The molecule has 0 bridgehead atoms. The fraction of sp³-hybridized carbons (Fsp3) is 0.222. The van der Waals surface area contributed by atoms with E-state index in [4.69, 9.17) is 0 Å². The molecule has 1 rings (SSSR count). The summed E-state index contributed by atoms with van der Waals surface area (Å²) in [5.74, 6) is 0. The van der Waals surface area contributed by atoms with Crippen molar-refractivity contribution in [3.63, 3.8) is 0 Å². The summed E-state index contributed by atoms with van der Waals surface area (Å²) in [5.41, 5.74) is 0.855. The lowest BCUT2D eigenvalue weighted by molar-refractivity contribution is 0.580. The van der Waals surface area contributed by atoms with Crippen LogP contribution in [-0.4, -0.2) is 14.7 Å². The molecule has 0 aromatic heterocycles. The Morgan fingerprint density at radius 2 is 1.85 bits per heavy atom. The average Bonchev–Trinajstić information content (AvgIpc) is 2.03. The van der Waals surface area contributed by atoms with Crippen molar-refractivity contribution in [1.29, 1.82) is 0 Å². The zero-order valence-corrected chi connectivity index (χ0v) is 8.21. The first-order chi connectivity index (χ1) is 5.99. The highest BCUT2D eigenvalue weighted by atomic mass is 32.2. The van der Waals surface area contributed by atoms with Crippen molar-refractivity contribution < 1.29 is 8.42 Å². The van der Waals surface area contributed by atoms with Crippen LogP contribution >= 0.6 is 0 Å². The van der Waals surface area contributed by atoms with Crippen LogP contribution in [0.4, 0.5) is 0 Å². The van der Waals surface area contributed by atoms with Crippen LogP contribution in [0.15, 0.2) is 30.3 Å². The van der Waals surface area contributed by atoms with E-state index in [1.807, 2.05) is 30.3 Å². The van der Waals surface area contributed by atoms with E-state index in [2.05, 4.69) is 11.6 Å². The maximum absolute atomic E-state index is 10.9. The van der Waals surface area contributed by atoms with Gasteiger partial charge in [0.1, 0.15) is 0 Å². The molecule has 0 aliphatic heterocycles. The minimum atomic E-state index is -3.18. The van der Waals surface area contributed by atoms with E-state index in [9.17, 15) is 8.42 Å². The van der Waals surface area contributed by atoms with Gasteiger partial charge in [-0.15, -0.1) is 0 Å². The highest BCUT2D eigenvalue weighted by Crippen LogP contribution is 2.10. The summed E-state index contributed by atoms with van der Waals surface area (Å²) >= 11 is 0. The molecule has 0 aliphatic rings. The van der Waals surface area contributed by atoms with Crippen molar-refractivity contribution >= 4 is 10.0 Å². The van der Waals surface area contributed by atoms with Gasteiger partial charge in [-0.1, -0.05) is 30.3 Å². The second-order valence-corrected chi connectivity index (χ2v) is 4.63. The fourth-order valence-corrected chi connectivity index (χ4v) is 1.66. The van der Waals surface area contributed by atoms with Gasteiger partial charge in [-0.25, -0.2) is 13.1 Å². The number of sulfonamides is 1. The van der Waals surface area contributed by atoms with Gasteiger partial charge in [0.25, 0.3) is 0 Å². The summed E-state index contributed by atoms with van der Waals surface area (Å²) in [4.78, 5) is 0. The van der Waals surface area contributed by atoms with Crippen LogP contribution in [0.2, 0.25) is 0 Å². The number of rotatable bonds is 3. The van der Waals surface area contributed by atoms with Crippen molar-refractivity contribution in [3.8, 4) is 0 Å². The predicted octanol–water partition coefficient (Wildman–Crippen LogP) is 1.11. The molecular weight excluding hydrogens is 186 g/mol. The SMILES string of the molecule is [CH2]C(NS(C)(=O)=O)c1ccccc1. The average molecular weight is 198 g/mol. The Morgan fingerprint density at radius 3 is 2.31 bits per heavy atom. The molecule has 1 atom stereocenters. The molecule has 0 heterocycles. The number of hydrogen-bond acceptors (Lipinski definition) is 2. The molecule has 1 aromatic carbocycles. The van der Waals surface area contributed by atoms with Gasteiger partial charge in [0.05, 0.1) is 6.26 Å². The Kier molecular flexibility index (Phi) is 3.06. The standard InChI is InChI=1S/C9H12NO2S/c1-8(10-13(2,11)12)9-6-4-3-5-7-9/h3-8,10H,1H2,2H3. The van der Waals surface area contributed by atoms with E-state index in [1.54, 1.807) is 0 Å². The molecule has 0 fully saturated rings. The van der Waals surface area contributed by atoms with E-state index >= 15 is 0 Å². The molecule has 0 amide bonds. The van der Waals surface area contributed by atoms with Gasteiger partial charge in [0.15, 0.2) is 0 Å². The summed E-state index contributed by atoms with van der Waals surface area (Å²) in [5, 5.41) is 0. The smallest absolute Gasteiger partial charge is 0.209 e. The van der Waals surface area contributed by atoms with E-state index in [-0.39, 0.29) is 0 Å². The Morgan fingerprint density at radius 1 is 1.31 bits per heavy atom. The van der Waals surface area contributed by atoms with Crippen LogP contribution in [0.3, 0.4) is 0 Å². The number of benzene rings is 1. The first-order valence-corrected chi connectivity index (χ1v) is 5.73. The quantitative estimate of drug-likeness (QED) is 0.790. The van der Waals surface area contributed by atoms with Crippen LogP contribution < -0.4 is 4.72 Å². The summed E-state index contributed by atoms with van der Waals surface area (Å²) in [7, 11) is -3.18. The Labute approximate surface area is 78.8 Å². The monoisotopic (exact) mass is 198 g/mol. The van der Waals surface area contributed by atoms with Crippen LogP contribution in [-0.2, 0) is 10.0 Å². The lowest BCUT2D eigenvalue weighted by Gasteiger charge is -2.11. The highest BCUT2D eigenvalue weighted by molar-refractivity contribution is 7.88. The molecule has 0 spiro atoms. The van der Waals surface area contributed by atoms with Crippen molar-refractivity contribution in [1.82, 2.24) is 4.72 Å². The van der Waals surface area contributed by atoms with Gasteiger partial charge in [0.2, 0.25) is 10.0 Å². The van der Waals surface area contributed by atoms with Gasteiger partial charge in [-0.3, -0.25) is 0 Å². The normalized spacial score (nSPS) is 14.0. The van der Waals surface area contributed by atoms with Crippen molar-refractivity contribution in [3.05, 3.63) is 42.8 Å². The Bertz CT molecular complexity index is 358. The molecule has 3 nitrogen and oxygen atoms in total. The fourth-order valence-electron chi connectivity index (χ4n) is 1.01.